The normalized spacial score (nSPS) is 15.7. The minimum absolute atomic E-state index is 0.00443. The Balaban J connectivity index is 1.85. The smallest absolute Gasteiger partial charge is 0.339 e. The second-order valence-corrected chi connectivity index (χ2v) is 5.18. The average molecular weight is 276 g/mol. The summed E-state index contributed by atoms with van der Waals surface area (Å²) < 4.78 is 4.59. The van der Waals surface area contributed by atoms with Gasteiger partial charge in [0.1, 0.15) is 5.82 Å². The number of carbonyl (C=O) groups excluding carboxylic acids is 2. The lowest BCUT2D eigenvalue weighted by atomic mass is 9.87. The van der Waals surface area contributed by atoms with E-state index in [9.17, 15) is 9.59 Å². The second kappa shape index (κ2) is 7.03. The number of carbonyl (C=O) groups is 2. The molecule has 108 valence electrons. The van der Waals surface area contributed by atoms with Crippen LogP contribution in [0.3, 0.4) is 0 Å². The summed E-state index contributed by atoms with van der Waals surface area (Å²) in [5.41, 5.74) is 0.373. The number of ether oxygens (including phenoxy) is 1. The molecule has 2 rings (SSSR count). The van der Waals surface area contributed by atoms with E-state index in [0.717, 1.165) is 12.8 Å². The van der Waals surface area contributed by atoms with Crippen LogP contribution in [0.25, 0.3) is 0 Å². The molecule has 0 unspecified atom stereocenters. The largest absolute Gasteiger partial charge is 0.465 e. The highest BCUT2D eigenvalue weighted by Crippen LogP contribution is 2.26. The SMILES string of the molecule is COC(=O)c1ccc(NC(=O)CC2CCCCC2)nc1. The molecule has 1 aliphatic rings. The summed E-state index contributed by atoms with van der Waals surface area (Å²) in [4.78, 5) is 27.2. The first kappa shape index (κ1) is 14.5. The van der Waals surface area contributed by atoms with Crippen LogP contribution in [0.1, 0.15) is 48.9 Å². The number of nitrogens with zero attached hydrogens (tertiary/aromatic N) is 1. The van der Waals surface area contributed by atoms with E-state index in [1.807, 2.05) is 0 Å². The summed E-state index contributed by atoms with van der Waals surface area (Å²) >= 11 is 0. The summed E-state index contributed by atoms with van der Waals surface area (Å²) in [5.74, 6) is 0.532. The number of aromatic nitrogens is 1. The molecule has 1 N–H and O–H groups in total. The Morgan fingerprint density at radius 3 is 2.65 bits per heavy atom. The number of nitrogens with one attached hydrogen (secondary N) is 1. The zero-order chi connectivity index (χ0) is 14.4. The predicted molar refractivity (Wildman–Crippen MR) is 75.4 cm³/mol. The van der Waals surface area contributed by atoms with Crippen molar-refractivity contribution in [2.75, 3.05) is 12.4 Å². The van der Waals surface area contributed by atoms with Crippen molar-refractivity contribution in [2.24, 2.45) is 5.92 Å². The number of rotatable bonds is 4. The number of amides is 1. The Bertz CT molecular complexity index is 465. The van der Waals surface area contributed by atoms with Crippen LogP contribution in [-0.2, 0) is 9.53 Å². The van der Waals surface area contributed by atoms with Gasteiger partial charge in [0, 0.05) is 12.6 Å². The third-order valence-corrected chi connectivity index (χ3v) is 3.65. The van der Waals surface area contributed by atoms with Gasteiger partial charge in [-0.15, -0.1) is 0 Å². The fraction of sp³-hybridized carbons (Fsp3) is 0.533. The van der Waals surface area contributed by atoms with E-state index in [0.29, 0.717) is 23.7 Å². The van der Waals surface area contributed by atoms with Gasteiger partial charge in [-0.05, 0) is 30.9 Å². The monoisotopic (exact) mass is 276 g/mol. The van der Waals surface area contributed by atoms with E-state index in [1.54, 1.807) is 12.1 Å². The standard InChI is InChI=1S/C15H20N2O3/c1-20-15(19)12-7-8-13(16-10-12)17-14(18)9-11-5-3-2-4-6-11/h7-8,10-11H,2-6,9H2,1H3,(H,16,17,18). The lowest BCUT2D eigenvalue weighted by Gasteiger charge is -2.20. The third kappa shape index (κ3) is 4.05. The van der Waals surface area contributed by atoms with Crippen LogP contribution in [-0.4, -0.2) is 24.0 Å². The molecule has 0 aliphatic heterocycles. The maximum absolute atomic E-state index is 11.9. The molecule has 0 saturated heterocycles. The van der Waals surface area contributed by atoms with Crippen LogP contribution in [0.4, 0.5) is 5.82 Å². The van der Waals surface area contributed by atoms with Crippen LogP contribution >= 0.6 is 0 Å². The van der Waals surface area contributed by atoms with Crippen LogP contribution in [0.5, 0.6) is 0 Å². The fourth-order valence-corrected chi connectivity index (χ4v) is 2.55. The molecule has 5 nitrogen and oxygen atoms in total. The Morgan fingerprint density at radius 2 is 2.05 bits per heavy atom. The quantitative estimate of drug-likeness (QED) is 0.859. The van der Waals surface area contributed by atoms with Gasteiger partial charge in [-0.3, -0.25) is 4.79 Å². The molecule has 1 aliphatic carbocycles. The minimum Gasteiger partial charge on any atom is -0.465 e. The second-order valence-electron chi connectivity index (χ2n) is 5.18. The molecular formula is C15H20N2O3. The van der Waals surface area contributed by atoms with Gasteiger partial charge in [-0.2, -0.15) is 0 Å². The average Bonchev–Trinajstić information content (AvgIpc) is 2.48. The fourth-order valence-electron chi connectivity index (χ4n) is 2.55. The third-order valence-electron chi connectivity index (χ3n) is 3.65. The Hall–Kier alpha value is -1.91. The van der Waals surface area contributed by atoms with E-state index in [4.69, 9.17) is 0 Å². The molecule has 1 aromatic heterocycles. The van der Waals surface area contributed by atoms with Crippen LogP contribution in [0, 0.1) is 5.92 Å². The minimum atomic E-state index is -0.433. The number of hydrogen-bond donors (Lipinski definition) is 1. The number of anilines is 1. The highest BCUT2D eigenvalue weighted by atomic mass is 16.5. The van der Waals surface area contributed by atoms with Crippen molar-refractivity contribution in [2.45, 2.75) is 38.5 Å². The summed E-state index contributed by atoms with van der Waals surface area (Å²) in [6.45, 7) is 0. The van der Waals surface area contributed by atoms with Crippen molar-refractivity contribution < 1.29 is 14.3 Å². The van der Waals surface area contributed by atoms with E-state index in [2.05, 4.69) is 15.0 Å². The number of hydrogen-bond acceptors (Lipinski definition) is 4. The van der Waals surface area contributed by atoms with Crippen molar-refractivity contribution in [1.82, 2.24) is 4.98 Å². The van der Waals surface area contributed by atoms with Gasteiger partial charge < -0.3 is 10.1 Å². The molecular weight excluding hydrogens is 256 g/mol. The maximum atomic E-state index is 11.9. The highest BCUT2D eigenvalue weighted by Gasteiger charge is 2.17. The maximum Gasteiger partial charge on any atom is 0.339 e. The molecule has 0 atom stereocenters. The summed E-state index contributed by atoms with van der Waals surface area (Å²) in [6, 6.07) is 3.21. The van der Waals surface area contributed by atoms with Gasteiger partial charge in [0.25, 0.3) is 0 Å². The van der Waals surface area contributed by atoms with Crippen LogP contribution in [0.2, 0.25) is 0 Å². The Labute approximate surface area is 118 Å². The molecule has 1 aromatic rings. The molecule has 5 heteroatoms. The molecule has 1 saturated carbocycles. The van der Waals surface area contributed by atoms with Crippen molar-refractivity contribution in [1.29, 1.82) is 0 Å². The number of esters is 1. The molecule has 0 aromatic carbocycles. The van der Waals surface area contributed by atoms with Gasteiger partial charge >= 0.3 is 5.97 Å². The van der Waals surface area contributed by atoms with E-state index in [1.165, 1.54) is 32.6 Å². The molecule has 0 spiro atoms. The molecule has 20 heavy (non-hydrogen) atoms. The Kier molecular flexibility index (Phi) is 5.09. The summed E-state index contributed by atoms with van der Waals surface area (Å²) in [7, 11) is 1.32. The first-order chi connectivity index (χ1) is 9.69. The zero-order valence-electron chi connectivity index (χ0n) is 11.7. The zero-order valence-corrected chi connectivity index (χ0v) is 11.7. The van der Waals surface area contributed by atoms with E-state index < -0.39 is 5.97 Å². The lowest BCUT2D eigenvalue weighted by Crippen LogP contribution is -2.19. The molecule has 1 heterocycles. The Morgan fingerprint density at radius 1 is 1.30 bits per heavy atom. The van der Waals surface area contributed by atoms with Crippen LogP contribution in [0.15, 0.2) is 18.3 Å². The van der Waals surface area contributed by atoms with Crippen molar-refractivity contribution in [3.8, 4) is 0 Å². The highest BCUT2D eigenvalue weighted by molar-refractivity contribution is 5.91. The lowest BCUT2D eigenvalue weighted by molar-refractivity contribution is -0.117. The first-order valence-electron chi connectivity index (χ1n) is 7.03. The van der Waals surface area contributed by atoms with E-state index in [-0.39, 0.29) is 5.91 Å². The molecule has 0 bridgehead atoms. The van der Waals surface area contributed by atoms with E-state index >= 15 is 0 Å². The van der Waals surface area contributed by atoms with Gasteiger partial charge in [0.2, 0.25) is 5.91 Å². The number of methoxy groups -OCH3 is 1. The van der Waals surface area contributed by atoms with Crippen molar-refractivity contribution in [3.63, 3.8) is 0 Å². The van der Waals surface area contributed by atoms with Gasteiger partial charge in [-0.1, -0.05) is 19.3 Å². The van der Waals surface area contributed by atoms with Gasteiger partial charge in [0.15, 0.2) is 0 Å². The molecule has 1 fully saturated rings. The van der Waals surface area contributed by atoms with Crippen molar-refractivity contribution >= 4 is 17.7 Å². The first-order valence-corrected chi connectivity index (χ1v) is 7.03. The topological polar surface area (TPSA) is 68.3 Å². The van der Waals surface area contributed by atoms with Gasteiger partial charge in [0.05, 0.1) is 12.7 Å². The molecule has 0 radical (unpaired) electrons. The number of pyridine rings is 1. The van der Waals surface area contributed by atoms with Gasteiger partial charge in [-0.25, -0.2) is 9.78 Å². The summed E-state index contributed by atoms with van der Waals surface area (Å²) in [6.07, 6.45) is 7.98. The van der Waals surface area contributed by atoms with Crippen molar-refractivity contribution in [3.05, 3.63) is 23.9 Å². The summed E-state index contributed by atoms with van der Waals surface area (Å²) in [5, 5.41) is 2.77. The molecule has 1 amide bonds. The van der Waals surface area contributed by atoms with Crippen LogP contribution < -0.4 is 5.32 Å². The predicted octanol–water partition coefficient (Wildman–Crippen LogP) is 2.78.